The van der Waals surface area contributed by atoms with Crippen LogP contribution in [-0.4, -0.2) is 12.0 Å². The first kappa shape index (κ1) is 15.5. The number of halogens is 1. The summed E-state index contributed by atoms with van der Waals surface area (Å²) in [4.78, 5) is 10.6. The third-order valence-corrected chi connectivity index (χ3v) is 3.85. The lowest BCUT2D eigenvalue weighted by atomic mass is 10.1. The highest BCUT2D eigenvalue weighted by Gasteiger charge is 2.11. The van der Waals surface area contributed by atoms with Gasteiger partial charge in [0.25, 0.3) is 5.69 Å². The van der Waals surface area contributed by atoms with Crippen LogP contribution in [0, 0.1) is 10.1 Å². The van der Waals surface area contributed by atoms with E-state index >= 15 is 0 Å². The molecule has 0 saturated heterocycles. The van der Waals surface area contributed by atoms with E-state index in [1.807, 2.05) is 18.2 Å². The molecule has 0 spiro atoms. The summed E-state index contributed by atoms with van der Waals surface area (Å²) in [6, 6.07) is 12.4. The van der Waals surface area contributed by atoms with Crippen LogP contribution in [0.5, 0.6) is 5.75 Å². The normalized spacial score (nSPS) is 10.4. The summed E-state index contributed by atoms with van der Waals surface area (Å²) in [6.07, 6.45) is 0. The fourth-order valence-electron chi connectivity index (χ4n) is 1.98. The van der Waals surface area contributed by atoms with Crippen LogP contribution in [-0.2, 0) is 13.1 Å². The van der Waals surface area contributed by atoms with Gasteiger partial charge in [0.15, 0.2) is 0 Å². The topological polar surface area (TPSA) is 64.4 Å². The second-order valence-electron chi connectivity index (χ2n) is 4.45. The van der Waals surface area contributed by atoms with Crippen molar-refractivity contribution in [1.29, 1.82) is 0 Å². The lowest BCUT2D eigenvalue weighted by Crippen LogP contribution is -2.14. The van der Waals surface area contributed by atoms with E-state index in [1.54, 1.807) is 25.3 Å². The molecule has 0 fully saturated rings. The van der Waals surface area contributed by atoms with Gasteiger partial charge in [-0.25, -0.2) is 0 Å². The van der Waals surface area contributed by atoms with Crippen molar-refractivity contribution in [3.05, 3.63) is 68.2 Å². The van der Waals surface area contributed by atoms with Crippen molar-refractivity contribution in [3.63, 3.8) is 0 Å². The minimum absolute atomic E-state index is 0.134. The number of nitro groups is 1. The highest BCUT2D eigenvalue weighted by atomic mass is 79.9. The number of nitro benzene ring substituents is 1. The van der Waals surface area contributed by atoms with Gasteiger partial charge >= 0.3 is 0 Å². The third kappa shape index (κ3) is 4.03. The Balaban J connectivity index is 2.03. The molecule has 0 heterocycles. The first-order chi connectivity index (χ1) is 10.1. The van der Waals surface area contributed by atoms with Crippen molar-refractivity contribution in [2.24, 2.45) is 0 Å². The van der Waals surface area contributed by atoms with Gasteiger partial charge in [-0.3, -0.25) is 10.1 Å². The van der Waals surface area contributed by atoms with Gasteiger partial charge in [0, 0.05) is 29.2 Å². The maximum Gasteiger partial charge on any atom is 0.273 e. The van der Waals surface area contributed by atoms with Gasteiger partial charge in [0.1, 0.15) is 5.75 Å². The highest BCUT2D eigenvalue weighted by molar-refractivity contribution is 9.10. The average molecular weight is 351 g/mol. The average Bonchev–Trinajstić information content (AvgIpc) is 2.49. The fourth-order valence-corrected chi connectivity index (χ4v) is 2.37. The molecule has 0 unspecified atom stereocenters. The minimum Gasteiger partial charge on any atom is -0.497 e. The van der Waals surface area contributed by atoms with Crippen LogP contribution in [0.3, 0.4) is 0 Å². The van der Waals surface area contributed by atoms with Crippen LogP contribution in [0.2, 0.25) is 0 Å². The SMILES string of the molecule is COc1ccc(Br)c(CNCc2ccccc2[N+](=O)[O-])c1. The Morgan fingerprint density at radius 2 is 1.90 bits per heavy atom. The van der Waals surface area contributed by atoms with Crippen molar-refractivity contribution in [1.82, 2.24) is 5.32 Å². The smallest absolute Gasteiger partial charge is 0.273 e. The van der Waals surface area contributed by atoms with Gasteiger partial charge < -0.3 is 10.1 Å². The first-order valence-electron chi connectivity index (χ1n) is 6.37. The molecule has 2 aromatic rings. The summed E-state index contributed by atoms with van der Waals surface area (Å²) in [6.45, 7) is 1.02. The maximum absolute atomic E-state index is 10.9. The van der Waals surface area contributed by atoms with E-state index in [0.29, 0.717) is 18.7 Å². The van der Waals surface area contributed by atoms with Crippen molar-refractivity contribution in [2.45, 2.75) is 13.1 Å². The molecule has 110 valence electrons. The quantitative estimate of drug-likeness (QED) is 0.637. The summed E-state index contributed by atoms with van der Waals surface area (Å²) >= 11 is 3.48. The van der Waals surface area contributed by atoms with Crippen molar-refractivity contribution in [3.8, 4) is 5.75 Å². The van der Waals surface area contributed by atoms with Crippen LogP contribution in [0.15, 0.2) is 46.9 Å². The van der Waals surface area contributed by atoms with Crippen LogP contribution in [0.4, 0.5) is 5.69 Å². The van der Waals surface area contributed by atoms with Gasteiger partial charge in [-0.05, 0) is 23.8 Å². The number of benzene rings is 2. The zero-order valence-electron chi connectivity index (χ0n) is 11.5. The molecular formula is C15H15BrN2O3. The third-order valence-electron chi connectivity index (χ3n) is 3.07. The first-order valence-corrected chi connectivity index (χ1v) is 7.16. The molecule has 1 N–H and O–H groups in total. The van der Waals surface area contributed by atoms with E-state index in [2.05, 4.69) is 21.2 Å². The molecule has 0 aliphatic rings. The predicted molar refractivity (Wildman–Crippen MR) is 84.3 cm³/mol. The van der Waals surface area contributed by atoms with Crippen LogP contribution < -0.4 is 10.1 Å². The van der Waals surface area contributed by atoms with Gasteiger partial charge in [-0.1, -0.05) is 34.1 Å². The molecule has 2 rings (SSSR count). The molecule has 0 saturated carbocycles. The summed E-state index contributed by atoms with van der Waals surface area (Å²) in [5.41, 5.74) is 1.84. The summed E-state index contributed by atoms with van der Waals surface area (Å²) < 4.78 is 6.16. The molecule has 0 amide bonds. The highest BCUT2D eigenvalue weighted by Crippen LogP contribution is 2.23. The van der Waals surface area contributed by atoms with Crippen LogP contribution in [0.25, 0.3) is 0 Å². The van der Waals surface area contributed by atoms with E-state index in [-0.39, 0.29) is 10.6 Å². The molecule has 0 aliphatic carbocycles. The van der Waals surface area contributed by atoms with Crippen LogP contribution in [0.1, 0.15) is 11.1 Å². The number of para-hydroxylation sites is 1. The number of rotatable bonds is 6. The number of hydrogen-bond acceptors (Lipinski definition) is 4. The standard InChI is InChI=1S/C15H15BrN2O3/c1-21-13-6-7-14(16)12(8-13)10-17-9-11-4-2-3-5-15(11)18(19)20/h2-8,17H,9-10H2,1H3. The molecular weight excluding hydrogens is 336 g/mol. The minimum atomic E-state index is -0.363. The number of methoxy groups -OCH3 is 1. The van der Waals surface area contributed by atoms with Gasteiger partial charge in [-0.2, -0.15) is 0 Å². The molecule has 0 radical (unpaired) electrons. The van der Waals surface area contributed by atoms with E-state index in [0.717, 1.165) is 15.8 Å². The lowest BCUT2D eigenvalue weighted by molar-refractivity contribution is -0.385. The molecule has 6 heteroatoms. The van der Waals surface area contributed by atoms with Gasteiger partial charge in [0.05, 0.1) is 12.0 Å². The number of hydrogen-bond donors (Lipinski definition) is 1. The number of nitrogens with one attached hydrogen (secondary N) is 1. The van der Waals surface area contributed by atoms with Crippen molar-refractivity contribution >= 4 is 21.6 Å². The van der Waals surface area contributed by atoms with E-state index in [4.69, 9.17) is 4.74 Å². The Labute approximate surface area is 131 Å². The summed E-state index contributed by atoms with van der Waals surface area (Å²) in [7, 11) is 1.62. The Hall–Kier alpha value is -1.92. The summed E-state index contributed by atoms with van der Waals surface area (Å²) in [5.74, 6) is 0.778. The lowest BCUT2D eigenvalue weighted by Gasteiger charge is -2.09. The molecule has 2 aromatic carbocycles. The Morgan fingerprint density at radius 1 is 1.19 bits per heavy atom. The molecule has 0 atom stereocenters. The summed E-state index contributed by atoms with van der Waals surface area (Å²) in [5, 5.41) is 14.2. The van der Waals surface area contributed by atoms with E-state index < -0.39 is 0 Å². The zero-order valence-corrected chi connectivity index (χ0v) is 13.1. The Morgan fingerprint density at radius 3 is 2.62 bits per heavy atom. The monoisotopic (exact) mass is 350 g/mol. The van der Waals surface area contributed by atoms with Gasteiger partial charge in [0.2, 0.25) is 0 Å². The second-order valence-corrected chi connectivity index (χ2v) is 5.30. The largest absolute Gasteiger partial charge is 0.497 e. The van der Waals surface area contributed by atoms with Crippen LogP contribution >= 0.6 is 15.9 Å². The van der Waals surface area contributed by atoms with Crippen molar-refractivity contribution in [2.75, 3.05) is 7.11 Å². The van der Waals surface area contributed by atoms with Gasteiger partial charge in [-0.15, -0.1) is 0 Å². The van der Waals surface area contributed by atoms with E-state index in [9.17, 15) is 10.1 Å². The van der Waals surface area contributed by atoms with Crippen molar-refractivity contribution < 1.29 is 9.66 Å². The number of nitrogens with zero attached hydrogens (tertiary/aromatic N) is 1. The molecule has 5 nitrogen and oxygen atoms in total. The molecule has 0 aromatic heterocycles. The maximum atomic E-state index is 10.9. The second kappa shape index (κ2) is 7.19. The molecule has 0 aliphatic heterocycles. The fraction of sp³-hybridized carbons (Fsp3) is 0.200. The number of ether oxygens (including phenoxy) is 1. The Kier molecular flexibility index (Phi) is 5.30. The van der Waals surface area contributed by atoms with E-state index in [1.165, 1.54) is 6.07 Å². The molecule has 21 heavy (non-hydrogen) atoms. The zero-order chi connectivity index (χ0) is 15.2. The predicted octanol–water partition coefficient (Wildman–Crippen LogP) is 3.66. The Bertz CT molecular complexity index is 647. The molecule has 0 bridgehead atoms.